The Morgan fingerprint density at radius 1 is 1.39 bits per heavy atom. The zero-order chi connectivity index (χ0) is 14.7. The number of rotatable bonds is 4. The lowest BCUT2D eigenvalue weighted by molar-refractivity contribution is -0.124. The van der Waals surface area contributed by atoms with Crippen molar-refractivity contribution in [3.63, 3.8) is 0 Å². The second-order valence-corrected chi connectivity index (χ2v) is 6.81. The molecule has 3 rings (SSSR count). The molecule has 1 fully saturated rings. The molecule has 1 aromatic heterocycles. The minimum absolute atomic E-state index is 0. The lowest BCUT2D eigenvalue weighted by Gasteiger charge is -2.24. The van der Waals surface area contributed by atoms with Crippen LogP contribution in [0.15, 0.2) is 24.3 Å². The van der Waals surface area contributed by atoms with Crippen LogP contribution in [-0.2, 0) is 11.2 Å². The van der Waals surface area contributed by atoms with Gasteiger partial charge in [-0.15, -0.1) is 36.2 Å². The normalized spacial score (nSPS) is 18.6. The van der Waals surface area contributed by atoms with Crippen LogP contribution in [0.1, 0.15) is 31.2 Å². The molecule has 128 valence electrons. The first-order chi connectivity index (χ1) is 10.2. The SMILES string of the molecule is CC(Cc1nc2ccccc2s1)NC(=O)C1CCCCN1.Cl.Cl. The molecule has 0 spiro atoms. The van der Waals surface area contributed by atoms with Crippen molar-refractivity contribution >= 4 is 52.3 Å². The van der Waals surface area contributed by atoms with Gasteiger partial charge in [-0.05, 0) is 38.4 Å². The van der Waals surface area contributed by atoms with E-state index < -0.39 is 0 Å². The second kappa shape index (κ2) is 9.42. The quantitative estimate of drug-likeness (QED) is 0.861. The fourth-order valence-corrected chi connectivity index (χ4v) is 3.84. The van der Waals surface area contributed by atoms with Crippen LogP contribution in [0.3, 0.4) is 0 Å². The summed E-state index contributed by atoms with van der Waals surface area (Å²) in [5, 5.41) is 7.48. The number of halogens is 2. The van der Waals surface area contributed by atoms with E-state index in [1.54, 1.807) is 11.3 Å². The molecule has 2 atom stereocenters. The zero-order valence-electron chi connectivity index (χ0n) is 13.1. The molecule has 1 aliphatic heterocycles. The van der Waals surface area contributed by atoms with Crippen molar-refractivity contribution in [2.45, 2.75) is 44.7 Å². The molecule has 2 N–H and O–H groups in total. The van der Waals surface area contributed by atoms with Crippen LogP contribution >= 0.6 is 36.2 Å². The highest BCUT2D eigenvalue weighted by molar-refractivity contribution is 7.18. The molecule has 1 aromatic carbocycles. The number of carbonyl (C=O) groups is 1. The highest BCUT2D eigenvalue weighted by Crippen LogP contribution is 2.22. The Balaban J connectivity index is 0.00000132. The molecule has 0 saturated carbocycles. The summed E-state index contributed by atoms with van der Waals surface area (Å²) in [5.74, 6) is 0.128. The molecule has 23 heavy (non-hydrogen) atoms. The van der Waals surface area contributed by atoms with Gasteiger partial charge in [0.15, 0.2) is 0 Å². The van der Waals surface area contributed by atoms with Crippen LogP contribution in [0.2, 0.25) is 0 Å². The molecule has 4 nitrogen and oxygen atoms in total. The number of piperidine rings is 1. The predicted molar refractivity (Wildman–Crippen MR) is 101 cm³/mol. The van der Waals surface area contributed by atoms with E-state index in [2.05, 4.69) is 21.7 Å². The molecule has 7 heteroatoms. The van der Waals surface area contributed by atoms with Gasteiger partial charge in [-0.2, -0.15) is 0 Å². The van der Waals surface area contributed by atoms with E-state index in [9.17, 15) is 4.79 Å². The van der Waals surface area contributed by atoms with Crippen molar-refractivity contribution in [1.29, 1.82) is 0 Å². The van der Waals surface area contributed by atoms with E-state index in [0.29, 0.717) is 0 Å². The topological polar surface area (TPSA) is 54.0 Å². The van der Waals surface area contributed by atoms with Crippen LogP contribution in [0.5, 0.6) is 0 Å². The number of nitrogens with one attached hydrogen (secondary N) is 2. The first-order valence-electron chi connectivity index (χ1n) is 7.60. The van der Waals surface area contributed by atoms with Crippen molar-refractivity contribution in [2.75, 3.05) is 6.54 Å². The van der Waals surface area contributed by atoms with Crippen LogP contribution < -0.4 is 10.6 Å². The number of hydrogen-bond acceptors (Lipinski definition) is 4. The van der Waals surface area contributed by atoms with Crippen molar-refractivity contribution in [2.24, 2.45) is 0 Å². The Bertz CT molecular complexity index is 596. The van der Waals surface area contributed by atoms with Crippen LogP contribution in [0.25, 0.3) is 10.2 Å². The average molecular weight is 376 g/mol. The first kappa shape index (κ1) is 20.2. The highest BCUT2D eigenvalue weighted by atomic mass is 35.5. The summed E-state index contributed by atoms with van der Waals surface area (Å²) in [6.07, 6.45) is 4.04. The molecule has 2 heterocycles. The minimum atomic E-state index is -0.0171. The molecular weight excluding hydrogens is 353 g/mol. The van der Waals surface area contributed by atoms with E-state index >= 15 is 0 Å². The summed E-state index contributed by atoms with van der Waals surface area (Å²) < 4.78 is 1.21. The molecule has 2 unspecified atom stereocenters. The van der Waals surface area contributed by atoms with Gasteiger partial charge in [0.1, 0.15) is 0 Å². The number of benzene rings is 1. The van der Waals surface area contributed by atoms with E-state index in [1.165, 1.54) is 11.1 Å². The van der Waals surface area contributed by atoms with E-state index in [-0.39, 0.29) is 42.8 Å². The first-order valence-corrected chi connectivity index (χ1v) is 8.42. The summed E-state index contributed by atoms with van der Waals surface area (Å²) in [7, 11) is 0. The van der Waals surface area contributed by atoms with Gasteiger partial charge in [0.25, 0.3) is 0 Å². The lowest BCUT2D eigenvalue weighted by Crippen LogP contribution is -2.49. The Morgan fingerprint density at radius 3 is 2.87 bits per heavy atom. The Hall–Kier alpha value is -0.880. The Kier molecular flexibility index (Phi) is 8.26. The fraction of sp³-hybridized carbons (Fsp3) is 0.500. The van der Waals surface area contributed by atoms with Crippen molar-refractivity contribution in [1.82, 2.24) is 15.6 Å². The summed E-state index contributed by atoms with van der Waals surface area (Å²) >= 11 is 1.71. The van der Waals surface area contributed by atoms with Crippen LogP contribution in [-0.4, -0.2) is 29.5 Å². The average Bonchev–Trinajstić information content (AvgIpc) is 2.90. The number of hydrogen-bond donors (Lipinski definition) is 2. The van der Waals surface area contributed by atoms with Gasteiger partial charge >= 0.3 is 0 Å². The minimum Gasteiger partial charge on any atom is -0.352 e. The molecule has 1 saturated heterocycles. The van der Waals surface area contributed by atoms with Gasteiger partial charge in [0, 0.05) is 12.5 Å². The number of nitrogens with zero attached hydrogens (tertiary/aromatic N) is 1. The molecule has 0 radical (unpaired) electrons. The molecule has 0 aliphatic carbocycles. The lowest BCUT2D eigenvalue weighted by atomic mass is 10.0. The smallest absolute Gasteiger partial charge is 0.237 e. The Labute approximate surface area is 153 Å². The third-order valence-electron chi connectivity index (χ3n) is 3.83. The fourth-order valence-electron chi connectivity index (χ4n) is 2.74. The number of para-hydroxylation sites is 1. The summed E-state index contributed by atoms with van der Waals surface area (Å²) in [5.41, 5.74) is 1.05. The molecule has 0 bridgehead atoms. The van der Waals surface area contributed by atoms with Crippen LogP contribution in [0.4, 0.5) is 0 Å². The van der Waals surface area contributed by atoms with Crippen molar-refractivity contribution in [3.8, 4) is 0 Å². The summed E-state index contributed by atoms with van der Waals surface area (Å²) in [4.78, 5) is 16.8. The molecule has 1 aliphatic rings. The highest BCUT2D eigenvalue weighted by Gasteiger charge is 2.22. The predicted octanol–water partition coefficient (Wildman–Crippen LogP) is 3.33. The van der Waals surface area contributed by atoms with Gasteiger partial charge in [0.05, 0.1) is 21.3 Å². The summed E-state index contributed by atoms with van der Waals surface area (Å²) in [6.45, 7) is 3.00. The summed E-state index contributed by atoms with van der Waals surface area (Å²) in [6, 6.07) is 8.25. The molecule has 1 amide bonds. The molecule has 2 aromatic rings. The zero-order valence-corrected chi connectivity index (χ0v) is 15.5. The standard InChI is InChI=1S/C16H21N3OS.2ClH/c1-11(18-16(20)13-7-4-5-9-17-13)10-15-19-12-6-2-3-8-14(12)21-15;;/h2-3,6,8,11,13,17H,4-5,7,9-10H2,1H3,(H,18,20);2*1H. The van der Waals surface area contributed by atoms with Gasteiger partial charge in [-0.3, -0.25) is 4.79 Å². The van der Waals surface area contributed by atoms with Gasteiger partial charge in [0.2, 0.25) is 5.91 Å². The van der Waals surface area contributed by atoms with E-state index in [4.69, 9.17) is 0 Å². The number of fused-ring (bicyclic) bond motifs is 1. The maximum atomic E-state index is 12.2. The number of aromatic nitrogens is 1. The van der Waals surface area contributed by atoms with E-state index in [0.717, 1.165) is 36.3 Å². The maximum absolute atomic E-state index is 12.2. The third kappa shape index (κ3) is 5.31. The third-order valence-corrected chi connectivity index (χ3v) is 4.89. The largest absolute Gasteiger partial charge is 0.352 e. The second-order valence-electron chi connectivity index (χ2n) is 5.69. The molecular formula is C16H23Cl2N3OS. The van der Waals surface area contributed by atoms with Crippen molar-refractivity contribution < 1.29 is 4.79 Å². The number of carbonyl (C=O) groups excluding carboxylic acids is 1. The van der Waals surface area contributed by atoms with Gasteiger partial charge < -0.3 is 10.6 Å². The Morgan fingerprint density at radius 2 is 2.17 bits per heavy atom. The van der Waals surface area contributed by atoms with Gasteiger partial charge in [-0.25, -0.2) is 4.98 Å². The monoisotopic (exact) mass is 375 g/mol. The number of amides is 1. The maximum Gasteiger partial charge on any atom is 0.237 e. The van der Waals surface area contributed by atoms with Crippen molar-refractivity contribution in [3.05, 3.63) is 29.3 Å². The number of thiazole rings is 1. The van der Waals surface area contributed by atoms with Crippen LogP contribution in [0, 0.1) is 0 Å². The van der Waals surface area contributed by atoms with E-state index in [1.807, 2.05) is 25.1 Å². The van der Waals surface area contributed by atoms with Gasteiger partial charge in [-0.1, -0.05) is 18.6 Å².